The third kappa shape index (κ3) is 10.2. The molecular formula is C33H43N7O2S. The topological polar surface area (TPSA) is 87.1 Å². The number of terminal acetylenes is 1. The van der Waals surface area contributed by atoms with Crippen LogP contribution in [0.15, 0.2) is 65.9 Å². The molecule has 0 radical (unpaired) electrons. The number of nitrogens with zero attached hydrogens (tertiary/aromatic N) is 5. The van der Waals surface area contributed by atoms with E-state index in [9.17, 15) is 0 Å². The molecule has 0 amide bonds. The molecule has 0 saturated carbocycles. The van der Waals surface area contributed by atoms with Gasteiger partial charge in [-0.3, -0.25) is 5.01 Å². The number of hydrazone groups is 1. The molecule has 2 N–H and O–H groups in total. The highest BCUT2D eigenvalue weighted by atomic mass is 32.2. The zero-order valence-electron chi connectivity index (χ0n) is 26.1. The summed E-state index contributed by atoms with van der Waals surface area (Å²) in [6.45, 7) is 9.34. The van der Waals surface area contributed by atoms with Crippen LogP contribution in [0.3, 0.4) is 0 Å². The average Bonchev–Trinajstić information content (AvgIpc) is 3.02. The van der Waals surface area contributed by atoms with Gasteiger partial charge in [0.25, 0.3) is 0 Å². The lowest BCUT2D eigenvalue weighted by Crippen LogP contribution is -2.27. The molecule has 3 aromatic rings. The fourth-order valence-electron chi connectivity index (χ4n) is 4.12. The number of nitrogens with one attached hydrogen (secondary N) is 2. The quantitative estimate of drug-likeness (QED) is 0.168. The summed E-state index contributed by atoms with van der Waals surface area (Å²) in [5, 5.41) is 14.0. The van der Waals surface area contributed by atoms with Gasteiger partial charge in [-0.15, -0.1) is 12.3 Å². The molecule has 1 aliphatic heterocycles. The summed E-state index contributed by atoms with van der Waals surface area (Å²) in [6, 6.07) is 10.0. The molecule has 0 atom stereocenters. The van der Waals surface area contributed by atoms with E-state index in [0.717, 1.165) is 82.7 Å². The standard InChI is InChI=1S/C29H37N7O2S.C4H6/c1-6-33-36-12-9-23(10-13-36)38-27-8-7-22(17-21(27)2)34-29-24-18-26(30-11-14-35(3)15-16-39-5)28(37-4)19-25(24)31-20-32-29;1-3-4-2/h6-10,12,17-20,30H,11,13-16H2,1-5H3,(H,31,32,34);1H,4H2,2H3/b33-6-;. The summed E-state index contributed by atoms with van der Waals surface area (Å²) in [5.41, 5.74) is 3.65. The second-order valence-corrected chi connectivity index (χ2v) is 10.7. The zero-order chi connectivity index (χ0) is 31.0. The minimum atomic E-state index is 0.673. The molecule has 1 aromatic heterocycles. The van der Waals surface area contributed by atoms with Crippen molar-refractivity contribution in [3.63, 3.8) is 0 Å². The van der Waals surface area contributed by atoms with E-state index < -0.39 is 0 Å². The Morgan fingerprint density at radius 3 is 2.67 bits per heavy atom. The van der Waals surface area contributed by atoms with Gasteiger partial charge in [-0.1, -0.05) is 6.92 Å². The number of aromatic nitrogens is 2. The van der Waals surface area contributed by atoms with Gasteiger partial charge in [-0.2, -0.15) is 16.9 Å². The van der Waals surface area contributed by atoms with Crippen molar-refractivity contribution in [1.29, 1.82) is 0 Å². The highest BCUT2D eigenvalue weighted by Gasteiger charge is 2.13. The highest BCUT2D eigenvalue weighted by molar-refractivity contribution is 7.98. The number of fused-ring (bicyclic) bond motifs is 1. The summed E-state index contributed by atoms with van der Waals surface area (Å²) in [7, 11) is 3.82. The van der Waals surface area contributed by atoms with Crippen LogP contribution < -0.4 is 20.1 Å². The molecule has 9 nitrogen and oxygen atoms in total. The molecule has 1 aliphatic rings. The van der Waals surface area contributed by atoms with Crippen molar-refractivity contribution < 1.29 is 9.47 Å². The van der Waals surface area contributed by atoms with Crippen molar-refractivity contribution >= 4 is 46.1 Å². The van der Waals surface area contributed by atoms with Crippen LogP contribution in [0.4, 0.5) is 17.2 Å². The third-order valence-electron chi connectivity index (χ3n) is 6.47. The van der Waals surface area contributed by atoms with Gasteiger partial charge in [0.15, 0.2) is 0 Å². The molecule has 0 saturated heterocycles. The first-order valence-electron chi connectivity index (χ1n) is 14.3. The lowest BCUT2D eigenvalue weighted by molar-refractivity contribution is 0.369. The molecule has 2 aromatic carbocycles. The number of hydrogen-bond acceptors (Lipinski definition) is 10. The highest BCUT2D eigenvalue weighted by Crippen LogP contribution is 2.34. The van der Waals surface area contributed by atoms with Gasteiger partial charge in [0.1, 0.15) is 29.4 Å². The van der Waals surface area contributed by atoms with Crippen molar-refractivity contribution in [1.82, 2.24) is 19.9 Å². The Morgan fingerprint density at radius 2 is 2.02 bits per heavy atom. The SMILES string of the molecule is C#CCC.C/C=N\N1C=CC(Oc2ccc(Nc3ncnc4cc(OC)c(NCCN(C)CCSC)cc34)cc2C)=CC1. The van der Waals surface area contributed by atoms with E-state index in [1.807, 2.05) is 74.1 Å². The van der Waals surface area contributed by atoms with Crippen LogP contribution >= 0.6 is 11.8 Å². The van der Waals surface area contributed by atoms with Crippen LogP contribution in [-0.2, 0) is 0 Å². The molecule has 10 heteroatoms. The summed E-state index contributed by atoms with van der Waals surface area (Å²) in [6.07, 6.45) is 16.9. The van der Waals surface area contributed by atoms with Crippen LogP contribution in [0.25, 0.3) is 10.9 Å². The van der Waals surface area contributed by atoms with Crippen LogP contribution in [0.5, 0.6) is 11.5 Å². The van der Waals surface area contributed by atoms with Crippen molar-refractivity contribution in [3.8, 4) is 23.8 Å². The summed E-state index contributed by atoms with van der Waals surface area (Å²) in [4.78, 5) is 11.3. The van der Waals surface area contributed by atoms with Gasteiger partial charge in [0.2, 0.25) is 0 Å². The molecule has 0 bridgehead atoms. The van der Waals surface area contributed by atoms with Gasteiger partial charge in [-0.25, -0.2) is 9.97 Å². The maximum absolute atomic E-state index is 6.12. The Bertz CT molecular complexity index is 1470. The van der Waals surface area contributed by atoms with Crippen molar-refractivity contribution in [2.45, 2.75) is 27.2 Å². The Balaban J connectivity index is 0.00000119. The molecule has 0 unspecified atom stereocenters. The monoisotopic (exact) mass is 601 g/mol. The van der Waals surface area contributed by atoms with Crippen molar-refractivity contribution in [3.05, 3.63) is 66.3 Å². The smallest absolute Gasteiger partial charge is 0.144 e. The first kappa shape index (κ1) is 33.3. The second kappa shape index (κ2) is 17.7. The van der Waals surface area contributed by atoms with E-state index in [1.165, 1.54) is 0 Å². The fraction of sp³-hybridized carbons (Fsp3) is 0.364. The van der Waals surface area contributed by atoms with Gasteiger partial charge in [-0.05, 0) is 69.1 Å². The number of methoxy groups -OCH3 is 1. The number of allylic oxidation sites excluding steroid dienone is 1. The van der Waals surface area contributed by atoms with Crippen LogP contribution in [0.2, 0.25) is 0 Å². The number of rotatable bonds is 13. The van der Waals surface area contributed by atoms with Gasteiger partial charge >= 0.3 is 0 Å². The molecule has 0 aliphatic carbocycles. The van der Waals surface area contributed by atoms with Crippen LogP contribution in [0, 0.1) is 19.3 Å². The third-order valence-corrected chi connectivity index (χ3v) is 7.06. The molecular weight excluding hydrogens is 558 g/mol. The molecule has 0 spiro atoms. The molecule has 2 heterocycles. The number of likely N-dealkylation sites (N-methyl/N-ethyl adjacent to an activating group) is 1. The van der Waals surface area contributed by atoms with E-state index in [0.29, 0.717) is 6.54 Å². The van der Waals surface area contributed by atoms with Crippen LogP contribution in [-0.4, -0.2) is 78.4 Å². The molecule has 43 heavy (non-hydrogen) atoms. The Hall–Kier alpha value is -4.20. The van der Waals surface area contributed by atoms with E-state index in [4.69, 9.17) is 15.9 Å². The minimum Gasteiger partial charge on any atom is -0.495 e. The Labute approximate surface area is 260 Å². The predicted molar refractivity (Wildman–Crippen MR) is 183 cm³/mol. The first-order valence-corrected chi connectivity index (χ1v) is 15.7. The maximum atomic E-state index is 6.12. The van der Waals surface area contributed by atoms with Crippen LogP contribution in [0.1, 0.15) is 25.8 Å². The molecule has 4 rings (SSSR count). The number of anilines is 3. The largest absolute Gasteiger partial charge is 0.495 e. The number of hydrogen-bond donors (Lipinski definition) is 2. The van der Waals surface area contributed by atoms with Gasteiger partial charge in [0, 0.05) is 61.4 Å². The lowest BCUT2D eigenvalue weighted by atomic mass is 10.1. The summed E-state index contributed by atoms with van der Waals surface area (Å²) >= 11 is 1.86. The van der Waals surface area contributed by atoms with Gasteiger partial charge in [0.05, 0.1) is 24.9 Å². The molecule has 0 fully saturated rings. The lowest BCUT2D eigenvalue weighted by Gasteiger charge is -2.19. The minimum absolute atomic E-state index is 0.673. The summed E-state index contributed by atoms with van der Waals surface area (Å²) in [5.74, 6) is 6.64. The van der Waals surface area contributed by atoms with E-state index in [2.05, 4.69) is 62.0 Å². The Kier molecular flexibility index (Phi) is 13.7. The second-order valence-electron chi connectivity index (χ2n) is 9.70. The first-order chi connectivity index (χ1) is 20.9. The summed E-state index contributed by atoms with van der Waals surface area (Å²) < 4.78 is 11.8. The normalized spacial score (nSPS) is 12.5. The zero-order valence-corrected chi connectivity index (χ0v) is 26.9. The van der Waals surface area contributed by atoms with Gasteiger partial charge < -0.3 is 25.0 Å². The van der Waals surface area contributed by atoms with E-state index in [1.54, 1.807) is 19.7 Å². The van der Waals surface area contributed by atoms with E-state index >= 15 is 0 Å². The van der Waals surface area contributed by atoms with E-state index in [-0.39, 0.29) is 0 Å². The van der Waals surface area contributed by atoms with Crippen molar-refractivity contribution in [2.24, 2.45) is 5.10 Å². The number of ether oxygens (including phenoxy) is 2. The molecule has 228 valence electrons. The Morgan fingerprint density at radius 1 is 1.21 bits per heavy atom. The van der Waals surface area contributed by atoms with Crippen molar-refractivity contribution in [2.75, 3.05) is 63.0 Å². The number of benzene rings is 2. The average molecular weight is 602 g/mol. The predicted octanol–water partition coefficient (Wildman–Crippen LogP) is 6.52. The number of thioether (sulfide) groups is 1. The maximum Gasteiger partial charge on any atom is 0.144 e. The fourth-order valence-corrected chi connectivity index (χ4v) is 4.61. The number of aryl methyl sites for hydroxylation is 1.